The van der Waals surface area contributed by atoms with Crippen molar-refractivity contribution in [2.24, 2.45) is 0 Å². The number of aryl methyl sites for hydroxylation is 2. The van der Waals surface area contributed by atoms with Gasteiger partial charge >= 0.3 is 0 Å². The van der Waals surface area contributed by atoms with Gasteiger partial charge in [-0.15, -0.1) is 0 Å². The number of aromatic nitrogens is 2. The summed E-state index contributed by atoms with van der Waals surface area (Å²) < 4.78 is 0. The summed E-state index contributed by atoms with van der Waals surface area (Å²) in [4.78, 5) is 12.0. The van der Waals surface area contributed by atoms with E-state index in [1.54, 1.807) is 6.20 Å². The number of phenolic OH excluding ortho intramolecular Hbond substituents is 1. The molecule has 266 valence electrons. The van der Waals surface area contributed by atoms with Crippen molar-refractivity contribution in [2.45, 2.75) is 92.4 Å². The van der Waals surface area contributed by atoms with Crippen molar-refractivity contribution < 1.29 is 5.11 Å². The fraction of sp³-hybridized carbons (Fsp3) is 0.292. The highest BCUT2D eigenvalue weighted by Gasteiger charge is 2.24. The van der Waals surface area contributed by atoms with E-state index in [0.717, 1.165) is 50.8 Å². The molecular weight excluding hydrogens is 635 g/mol. The van der Waals surface area contributed by atoms with E-state index in [4.69, 9.17) is 4.98 Å². The van der Waals surface area contributed by atoms with Crippen molar-refractivity contribution in [1.29, 1.82) is 0 Å². The first-order chi connectivity index (χ1) is 24.4. The Labute approximate surface area is 311 Å². The molecule has 6 aromatic rings. The third-order valence-electron chi connectivity index (χ3n) is 9.88. The van der Waals surface area contributed by atoms with Gasteiger partial charge in [-0.25, -0.2) is 4.98 Å². The first kappa shape index (κ1) is 36.6. The van der Waals surface area contributed by atoms with Crippen molar-refractivity contribution in [3.8, 4) is 39.4 Å². The molecule has 0 unspecified atom stereocenters. The van der Waals surface area contributed by atoms with Gasteiger partial charge in [-0.2, -0.15) is 0 Å². The molecule has 0 radical (unpaired) electrons. The average molecular weight is 688 g/mol. The Morgan fingerprint density at radius 1 is 0.519 bits per heavy atom. The summed E-state index contributed by atoms with van der Waals surface area (Å²) in [5.74, 6) is 1.04. The maximum absolute atomic E-state index is 11.4. The van der Waals surface area contributed by atoms with E-state index in [1.807, 2.05) is 42.5 Å². The van der Waals surface area contributed by atoms with Crippen LogP contribution in [0.1, 0.15) is 90.1 Å². The van der Waals surface area contributed by atoms with E-state index < -0.39 is 0 Å². The Kier molecular flexibility index (Phi) is 9.65. The van der Waals surface area contributed by atoms with Crippen LogP contribution in [0.15, 0.2) is 115 Å². The predicted octanol–water partition coefficient (Wildman–Crippen LogP) is 13.2. The number of aromatic hydroxyl groups is 1. The zero-order valence-electron chi connectivity index (χ0n) is 32.8. The lowest BCUT2D eigenvalue weighted by molar-refractivity contribution is 0.477. The molecule has 0 aliphatic rings. The fourth-order valence-electron chi connectivity index (χ4n) is 6.74. The monoisotopic (exact) mass is 687 g/mol. The van der Waals surface area contributed by atoms with Crippen LogP contribution in [0.5, 0.6) is 5.75 Å². The van der Waals surface area contributed by atoms with Crippen molar-refractivity contribution in [2.75, 3.05) is 4.90 Å². The number of nitrogens with zero attached hydrogens (tertiary/aromatic N) is 3. The summed E-state index contributed by atoms with van der Waals surface area (Å²) in [6, 6.07) is 38.0. The maximum Gasteiger partial charge on any atom is 0.138 e. The third kappa shape index (κ3) is 7.67. The molecule has 2 heterocycles. The van der Waals surface area contributed by atoms with Gasteiger partial charge in [-0.3, -0.25) is 9.88 Å². The summed E-state index contributed by atoms with van der Waals surface area (Å²) in [7, 11) is 0. The summed E-state index contributed by atoms with van der Waals surface area (Å²) in [5.41, 5.74) is 13.8. The lowest BCUT2D eigenvalue weighted by atomic mass is 9.79. The van der Waals surface area contributed by atoms with Crippen molar-refractivity contribution in [1.82, 2.24) is 9.97 Å². The molecule has 1 N–H and O–H groups in total. The molecule has 0 saturated carbocycles. The maximum atomic E-state index is 11.4. The Hall–Kier alpha value is -5.22. The minimum absolute atomic E-state index is 0.00317. The molecule has 0 saturated heterocycles. The van der Waals surface area contributed by atoms with Crippen LogP contribution in [0.3, 0.4) is 0 Å². The Morgan fingerprint density at radius 2 is 1.12 bits per heavy atom. The molecule has 52 heavy (non-hydrogen) atoms. The van der Waals surface area contributed by atoms with Gasteiger partial charge in [0.25, 0.3) is 0 Å². The SMILES string of the molecule is Cc1cc(C(C)(C)C)cc(C)c1N(c1cccc(-c2cc(-c3cc(C(C)(C)C)cc(C(C)(C)C)c3)ccc2O)c1)c1cccc(-c2ccccn2)n1. The topological polar surface area (TPSA) is 49.2 Å². The minimum atomic E-state index is -0.00317. The van der Waals surface area contributed by atoms with Crippen molar-refractivity contribution in [3.05, 3.63) is 143 Å². The minimum Gasteiger partial charge on any atom is -0.507 e. The Bertz CT molecular complexity index is 2180. The normalized spacial score (nSPS) is 12.2. The summed E-state index contributed by atoms with van der Waals surface area (Å²) in [6.45, 7) is 24.7. The van der Waals surface area contributed by atoms with Crippen LogP contribution in [-0.4, -0.2) is 15.1 Å². The van der Waals surface area contributed by atoms with Gasteiger partial charge in [0.05, 0.1) is 17.1 Å². The average Bonchev–Trinajstić information content (AvgIpc) is 3.09. The van der Waals surface area contributed by atoms with Gasteiger partial charge in [0.15, 0.2) is 0 Å². The lowest BCUT2D eigenvalue weighted by Crippen LogP contribution is -2.17. The number of pyridine rings is 2. The number of phenols is 1. The zero-order valence-corrected chi connectivity index (χ0v) is 32.8. The molecule has 4 heteroatoms. The summed E-state index contributed by atoms with van der Waals surface area (Å²) >= 11 is 0. The fourth-order valence-corrected chi connectivity index (χ4v) is 6.74. The third-order valence-corrected chi connectivity index (χ3v) is 9.88. The number of rotatable bonds is 6. The number of benzene rings is 4. The van der Waals surface area contributed by atoms with E-state index >= 15 is 0 Å². The van der Waals surface area contributed by atoms with Gasteiger partial charge in [0, 0.05) is 17.4 Å². The zero-order chi connectivity index (χ0) is 37.6. The molecule has 0 bridgehead atoms. The van der Waals surface area contributed by atoms with Gasteiger partial charge in [-0.1, -0.05) is 123 Å². The molecule has 0 spiro atoms. The Balaban J connectivity index is 1.53. The molecule has 0 aliphatic heterocycles. The van der Waals surface area contributed by atoms with Crippen molar-refractivity contribution >= 4 is 17.2 Å². The van der Waals surface area contributed by atoms with Crippen LogP contribution in [-0.2, 0) is 16.2 Å². The molecule has 0 amide bonds. The molecule has 4 aromatic carbocycles. The van der Waals surface area contributed by atoms with E-state index in [9.17, 15) is 5.11 Å². The quantitative estimate of drug-likeness (QED) is 0.189. The second-order valence-electron chi connectivity index (χ2n) is 17.2. The van der Waals surface area contributed by atoms with E-state index in [-0.39, 0.29) is 22.0 Å². The number of hydrogen-bond donors (Lipinski definition) is 1. The molecule has 2 aromatic heterocycles. The standard InChI is InChI=1S/C48H53N3O/c1-31-24-36(46(3,4)5)25-32(2)45(31)51(44-20-15-19-42(50-44)41-18-12-13-23-49-41)39-17-14-16-34(28-39)40-29-33(21-22-43(40)52)35-26-37(47(6,7)8)30-38(27-35)48(9,10)11/h12-30,52H,1-11H3. The van der Waals surface area contributed by atoms with Gasteiger partial charge in [0.1, 0.15) is 11.6 Å². The van der Waals surface area contributed by atoms with Gasteiger partial charge in [-0.05, 0) is 123 Å². The predicted molar refractivity (Wildman–Crippen MR) is 220 cm³/mol. The molecule has 4 nitrogen and oxygen atoms in total. The van der Waals surface area contributed by atoms with E-state index in [2.05, 4.69) is 153 Å². The molecular formula is C48H53N3O. The molecule has 0 aliphatic carbocycles. The van der Waals surface area contributed by atoms with Crippen molar-refractivity contribution in [3.63, 3.8) is 0 Å². The molecule has 0 atom stereocenters. The van der Waals surface area contributed by atoms with Crippen LogP contribution in [0.25, 0.3) is 33.6 Å². The van der Waals surface area contributed by atoms with E-state index in [1.165, 1.54) is 27.8 Å². The number of anilines is 3. The highest BCUT2D eigenvalue weighted by Crippen LogP contribution is 2.43. The summed E-state index contributed by atoms with van der Waals surface area (Å²) in [5, 5.41) is 11.4. The highest BCUT2D eigenvalue weighted by molar-refractivity contribution is 5.85. The van der Waals surface area contributed by atoms with Crippen LogP contribution in [0, 0.1) is 13.8 Å². The second kappa shape index (κ2) is 13.7. The largest absolute Gasteiger partial charge is 0.507 e. The van der Waals surface area contributed by atoms with Crippen LogP contribution < -0.4 is 4.90 Å². The van der Waals surface area contributed by atoms with Gasteiger partial charge < -0.3 is 5.11 Å². The lowest BCUT2D eigenvalue weighted by Gasteiger charge is -2.30. The van der Waals surface area contributed by atoms with Crippen LogP contribution >= 0.6 is 0 Å². The van der Waals surface area contributed by atoms with Crippen LogP contribution in [0.4, 0.5) is 17.2 Å². The summed E-state index contributed by atoms with van der Waals surface area (Å²) in [6.07, 6.45) is 1.80. The number of hydrogen-bond acceptors (Lipinski definition) is 4. The first-order valence-corrected chi connectivity index (χ1v) is 18.3. The highest BCUT2D eigenvalue weighted by atomic mass is 16.3. The second-order valence-corrected chi connectivity index (χ2v) is 17.2. The molecule has 0 fully saturated rings. The van der Waals surface area contributed by atoms with E-state index in [0.29, 0.717) is 0 Å². The Morgan fingerprint density at radius 3 is 1.71 bits per heavy atom. The van der Waals surface area contributed by atoms with Crippen LogP contribution in [0.2, 0.25) is 0 Å². The first-order valence-electron chi connectivity index (χ1n) is 18.3. The van der Waals surface area contributed by atoms with Gasteiger partial charge in [0.2, 0.25) is 0 Å². The molecule has 6 rings (SSSR count). The smallest absolute Gasteiger partial charge is 0.138 e.